The van der Waals surface area contributed by atoms with E-state index >= 15 is 0 Å². The van der Waals surface area contributed by atoms with E-state index in [0.717, 1.165) is 6.42 Å². The molecule has 1 heterocycles. The van der Waals surface area contributed by atoms with Crippen molar-refractivity contribution in [2.24, 2.45) is 5.92 Å². The highest BCUT2D eigenvalue weighted by molar-refractivity contribution is 7.73. The number of nitrogens with zero attached hydrogens (tertiary/aromatic N) is 2. The maximum absolute atomic E-state index is 12.9. The van der Waals surface area contributed by atoms with Gasteiger partial charge in [0.2, 0.25) is 10.9 Å². The summed E-state index contributed by atoms with van der Waals surface area (Å²) in [6, 6.07) is 4.52. The molecule has 0 radical (unpaired) electrons. The number of hydrogen-bond acceptors (Lipinski definition) is 6. The summed E-state index contributed by atoms with van der Waals surface area (Å²) in [6.45, 7) is 2.06. The quantitative estimate of drug-likeness (QED) is 0.631. The van der Waals surface area contributed by atoms with Crippen molar-refractivity contribution in [1.82, 2.24) is 9.80 Å². The summed E-state index contributed by atoms with van der Waals surface area (Å²) in [5.74, 6) is 0.743. The van der Waals surface area contributed by atoms with Crippen LogP contribution in [0.5, 0.6) is 5.75 Å². The van der Waals surface area contributed by atoms with Gasteiger partial charge in [0.25, 0.3) is 5.91 Å². The van der Waals surface area contributed by atoms with Gasteiger partial charge in [-0.25, -0.2) is 13.2 Å². The Morgan fingerprint density at radius 1 is 1.10 bits per heavy atom. The van der Waals surface area contributed by atoms with Gasteiger partial charge in [-0.1, -0.05) is 25.7 Å². The molecule has 2 fully saturated rings. The number of amides is 2. The zero-order chi connectivity index (χ0) is 21.5. The van der Waals surface area contributed by atoms with Crippen LogP contribution in [-0.2, 0) is 15.6 Å². The standard InChI is InChI=1S/C20H29N3O6S/c1-28-18-14-16(21-30(26)27)6-7-17(18)19(24)22-9-11-23(12-10-22)20(25)29-13-8-15-4-2-3-5-15/h6-7,14-15,30H,2-5,8-13H2,1H3,(H,21,26,27). The number of carbonyl (C=O) groups excluding carboxylic acids is 2. The first-order chi connectivity index (χ1) is 14.5. The molecule has 10 heteroatoms. The van der Waals surface area contributed by atoms with Crippen molar-refractivity contribution in [3.05, 3.63) is 23.8 Å². The van der Waals surface area contributed by atoms with E-state index in [0.29, 0.717) is 50.0 Å². The van der Waals surface area contributed by atoms with E-state index < -0.39 is 10.9 Å². The molecule has 9 nitrogen and oxygen atoms in total. The Morgan fingerprint density at radius 3 is 2.40 bits per heavy atom. The number of methoxy groups -OCH3 is 1. The van der Waals surface area contributed by atoms with E-state index in [2.05, 4.69) is 4.72 Å². The molecule has 0 aromatic heterocycles. The summed E-state index contributed by atoms with van der Waals surface area (Å²) >= 11 is 0. The van der Waals surface area contributed by atoms with Gasteiger partial charge >= 0.3 is 6.09 Å². The fourth-order valence-electron chi connectivity index (χ4n) is 4.01. The first kappa shape index (κ1) is 22.2. The van der Waals surface area contributed by atoms with Crippen LogP contribution >= 0.6 is 0 Å². The zero-order valence-electron chi connectivity index (χ0n) is 17.2. The van der Waals surface area contributed by atoms with Crippen molar-refractivity contribution < 1.29 is 27.5 Å². The minimum atomic E-state index is -2.80. The molecule has 30 heavy (non-hydrogen) atoms. The molecule has 2 amide bonds. The highest BCUT2D eigenvalue weighted by Crippen LogP contribution is 2.27. The van der Waals surface area contributed by atoms with Crippen LogP contribution in [0.4, 0.5) is 10.5 Å². The van der Waals surface area contributed by atoms with Crippen LogP contribution in [-0.4, -0.2) is 70.1 Å². The summed E-state index contributed by atoms with van der Waals surface area (Å²) in [6.07, 6.45) is 5.62. The molecule has 1 aliphatic heterocycles. The molecule has 1 aromatic carbocycles. The topological polar surface area (TPSA) is 105 Å². The second kappa shape index (κ2) is 10.5. The Hall–Kier alpha value is -2.49. The lowest BCUT2D eigenvalue weighted by molar-refractivity contribution is 0.0546. The van der Waals surface area contributed by atoms with E-state index in [1.165, 1.54) is 51.0 Å². The van der Waals surface area contributed by atoms with Gasteiger partial charge in [0.1, 0.15) is 5.75 Å². The highest BCUT2D eigenvalue weighted by atomic mass is 32.2. The number of nitrogens with one attached hydrogen (secondary N) is 1. The summed E-state index contributed by atoms with van der Waals surface area (Å²) in [7, 11) is -1.38. The molecule has 0 bridgehead atoms. The van der Waals surface area contributed by atoms with Crippen LogP contribution < -0.4 is 9.46 Å². The highest BCUT2D eigenvalue weighted by Gasteiger charge is 2.27. The van der Waals surface area contributed by atoms with Crippen LogP contribution in [0.1, 0.15) is 42.5 Å². The Kier molecular flexibility index (Phi) is 7.78. The lowest BCUT2D eigenvalue weighted by atomic mass is 10.1. The monoisotopic (exact) mass is 439 g/mol. The first-order valence-electron chi connectivity index (χ1n) is 10.3. The molecule has 0 atom stereocenters. The average molecular weight is 440 g/mol. The lowest BCUT2D eigenvalue weighted by Crippen LogP contribution is -2.50. The summed E-state index contributed by atoms with van der Waals surface area (Å²) < 4.78 is 34.6. The molecular formula is C20H29N3O6S. The van der Waals surface area contributed by atoms with Crippen molar-refractivity contribution in [3.8, 4) is 5.75 Å². The summed E-state index contributed by atoms with van der Waals surface area (Å²) in [4.78, 5) is 28.4. The van der Waals surface area contributed by atoms with Crippen LogP contribution in [0.2, 0.25) is 0 Å². The Bertz CT molecular complexity index is 822. The Balaban J connectivity index is 1.50. The normalized spacial score (nSPS) is 17.3. The first-order valence-corrected chi connectivity index (χ1v) is 11.5. The maximum Gasteiger partial charge on any atom is 0.409 e. The molecule has 1 saturated carbocycles. The molecule has 3 rings (SSSR count). The molecule has 0 spiro atoms. The molecule has 1 saturated heterocycles. The third kappa shape index (κ3) is 5.78. The second-order valence-electron chi connectivity index (χ2n) is 7.62. The summed E-state index contributed by atoms with van der Waals surface area (Å²) in [5.41, 5.74) is 0.668. The zero-order valence-corrected chi connectivity index (χ0v) is 18.1. The fraction of sp³-hybridized carbons (Fsp3) is 0.600. The SMILES string of the molecule is COc1cc(N[SH](=O)=O)ccc1C(=O)N1CCN(C(=O)OCCC2CCCC2)CC1. The molecule has 2 aliphatic rings. The fourth-order valence-corrected chi connectivity index (χ4v) is 4.36. The van der Waals surface area contributed by atoms with Crippen LogP contribution in [0.15, 0.2) is 18.2 Å². The predicted octanol–water partition coefficient (Wildman–Crippen LogP) is 2.11. The van der Waals surface area contributed by atoms with Gasteiger partial charge in [0, 0.05) is 32.2 Å². The van der Waals surface area contributed by atoms with Crippen LogP contribution in [0.25, 0.3) is 0 Å². The van der Waals surface area contributed by atoms with Gasteiger partial charge in [0.15, 0.2) is 0 Å². The molecule has 1 aliphatic carbocycles. The van der Waals surface area contributed by atoms with E-state index in [1.54, 1.807) is 9.80 Å². The average Bonchev–Trinajstić information content (AvgIpc) is 3.26. The van der Waals surface area contributed by atoms with Gasteiger partial charge in [0.05, 0.1) is 25.0 Å². The molecular weight excluding hydrogens is 410 g/mol. The maximum atomic E-state index is 12.9. The van der Waals surface area contributed by atoms with Gasteiger partial charge in [-0.3, -0.25) is 9.52 Å². The third-order valence-corrected chi connectivity index (χ3v) is 6.14. The smallest absolute Gasteiger partial charge is 0.409 e. The number of piperazine rings is 1. The predicted molar refractivity (Wildman–Crippen MR) is 112 cm³/mol. The number of ether oxygens (including phenoxy) is 2. The Morgan fingerprint density at radius 2 is 1.77 bits per heavy atom. The molecule has 166 valence electrons. The van der Waals surface area contributed by atoms with E-state index in [1.807, 2.05) is 0 Å². The lowest BCUT2D eigenvalue weighted by Gasteiger charge is -2.34. The van der Waals surface area contributed by atoms with Crippen LogP contribution in [0.3, 0.4) is 0 Å². The van der Waals surface area contributed by atoms with Gasteiger partial charge in [-0.15, -0.1) is 0 Å². The Labute approximate surface area is 178 Å². The number of hydrogen-bond donors (Lipinski definition) is 2. The number of rotatable bonds is 7. The second-order valence-corrected chi connectivity index (χ2v) is 8.35. The molecule has 0 unspecified atom stereocenters. The van der Waals surface area contributed by atoms with Crippen molar-refractivity contribution in [2.45, 2.75) is 32.1 Å². The van der Waals surface area contributed by atoms with Crippen molar-refractivity contribution >= 4 is 28.6 Å². The van der Waals surface area contributed by atoms with E-state index in [9.17, 15) is 18.0 Å². The van der Waals surface area contributed by atoms with Gasteiger partial charge < -0.3 is 19.3 Å². The third-order valence-electron chi connectivity index (χ3n) is 5.70. The van der Waals surface area contributed by atoms with E-state index in [4.69, 9.17) is 9.47 Å². The molecule has 1 N–H and O–H groups in total. The van der Waals surface area contributed by atoms with E-state index in [-0.39, 0.29) is 17.7 Å². The number of anilines is 1. The van der Waals surface area contributed by atoms with Gasteiger partial charge in [-0.2, -0.15) is 0 Å². The van der Waals surface area contributed by atoms with Gasteiger partial charge in [-0.05, 0) is 24.5 Å². The minimum absolute atomic E-state index is 0.223. The van der Waals surface area contributed by atoms with Crippen LogP contribution in [0, 0.1) is 5.92 Å². The number of thiol groups is 1. The van der Waals surface area contributed by atoms with Crippen molar-refractivity contribution in [2.75, 3.05) is 44.6 Å². The summed E-state index contributed by atoms with van der Waals surface area (Å²) in [5, 5.41) is 0. The number of benzene rings is 1. The van der Waals surface area contributed by atoms with Crippen molar-refractivity contribution in [1.29, 1.82) is 0 Å². The number of carbonyl (C=O) groups is 2. The minimum Gasteiger partial charge on any atom is -0.496 e. The molecule has 1 aromatic rings. The largest absolute Gasteiger partial charge is 0.496 e. The van der Waals surface area contributed by atoms with Crippen molar-refractivity contribution in [3.63, 3.8) is 0 Å².